The number of phenols is 4. The van der Waals surface area contributed by atoms with Gasteiger partial charge in [-0.15, -0.1) is 0 Å². The van der Waals surface area contributed by atoms with E-state index in [4.69, 9.17) is 14.6 Å². The van der Waals surface area contributed by atoms with Crippen LogP contribution in [0, 0.1) is 5.92 Å². The molecule has 2 atom stereocenters. The van der Waals surface area contributed by atoms with Crippen LogP contribution in [0.25, 0.3) is 0 Å². The molecule has 3 aliphatic rings. The number of aromatic hydroxyl groups is 4. The Morgan fingerprint density at radius 2 is 1.37 bits per heavy atom. The first-order chi connectivity index (χ1) is 23.0. The van der Waals surface area contributed by atoms with Crippen LogP contribution in [-0.2, 0) is 9.53 Å². The van der Waals surface area contributed by atoms with Crippen molar-refractivity contribution in [3.05, 3.63) is 82.4 Å². The minimum Gasteiger partial charge on any atom is -0.508 e. The number of nitrogens with zero attached hydrogens (tertiary/aromatic N) is 1. The molecule has 2 bridgehead atoms. The number of rotatable bonds is 7. The number of aliphatic carboxylic acids is 1. The number of carboxylic acids is 2. The Labute approximate surface area is 274 Å². The van der Waals surface area contributed by atoms with E-state index in [-0.39, 0.29) is 17.2 Å². The zero-order chi connectivity index (χ0) is 36.2. The van der Waals surface area contributed by atoms with Gasteiger partial charge in [-0.25, -0.2) is 14.4 Å². The number of hydrogen-bond donors (Lipinski definition) is 7. The molecule has 3 aromatic rings. The van der Waals surface area contributed by atoms with E-state index in [9.17, 15) is 57.9 Å². The Bertz CT molecular complexity index is 1750. The maximum atomic E-state index is 13.3. The predicted molar refractivity (Wildman–Crippen MR) is 160 cm³/mol. The van der Waals surface area contributed by atoms with E-state index in [0.29, 0.717) is 12.1 Å². The maximum absolute atomic E-state index is 13.3. The molecule has 49 heavy (non-hydrogen) atoms. The predicted octanol–water partition coefficient (Wildman–Crippen LogP) is 3.12. The summed E-state index contributed by atoms with van der Waals surface area (Å²) < 4.78 is 37.6. The first-order valence-corrected chi connectivity index (χ1v) is 14.5. The molecule has 6 rings (SSSR count). The quantitative estimate of drug-likeness (QED) is 0.140. The van der Waals surface area contributed by atoms with Gasteiger partial charge in [0.25, 0.3) is 5.91 Å². The van der Waals surface area contributed by atoms with Crippen LogP contribution in [0.15, 0.2) is 54.6 Å². The molecule has 0 spiro atoms. The Kier molecular flexibility index (Phi) is 10.7. The van der Waals surface area contributed by atoms with Crippen LogP contribution in [-0.4, -0.2) is 103 Å². The summed E-state index contributed by atoms with van der Waals surface area (Å²) in [5.41, 5.74) is -1.84. The van der Waals surface area contributed by atoms with Gasteiger partial charge in [-0.05, 0) is 74.5 Å². The molecular formula is C32H29F3N2O12. The first-order valence-electron chi connectivity index (χ1n) is 14.5. The highest BCUT2D eigenvalue weighted by Gasteiger charge is 2.41. The molecule has 3 aliphatic heterocycles. The van der Waals surface area contributed by atoms with E-state index in [1.165, 1.54) is 30.3 Å². The smallest absolute Gasteiger partial charge is 0.490 e. The highest BCUT2D eigenvalue weighted by Crippen LogP contribution is 2.36. The summed E-state index contributed by atoms with van der Waals surface area (Å²) in [6.07, 6.45) is -4.38. The zero-order valence-electron chi connectivity index (χ0n) is 25.2. The van der Waals surface area contributed by atoms with Crippen molar-refractivity contribution in [2.45, 2.75) is 31.2 Å². The van der Waals surface area contributed by atoms with Gasteiger partial charge in [0.05, 0.1) is 22.7 Å². The monoisotopic (exact) mass is 690 g/mol. The van der Waals surface area contributed by atoms with E-state index in [2.05, 4.69) is 10.2 Å². The van der Waals surface area contributed by atoms with Gasteiger partial charge in [0.15, 0.2) is 0 Å². The van der Waals surface area contributed by atoms with Gasteiger partial charge in [0.1, 0.15) is 34.7 Å². The first kappa shape index (κ1) is 36.0. The molecule has 2 unspecified atom stereocenters. The molecule has 17 heteroatoms. The van der Waals surface area contributed by atoms with E-state index in [0.717, 1.165) is 50.2 Å². The van der Waals surface area contributed by atoms with E-state index in [1.54, 1.807) is 0 Å². The highest BCUT2D eigenvalue weighted by atomic mass is 19.4. The molecule has 14 nitrogen and oxygen atoms in total. The summed E-state index contributed by atoms with van der Waals surface area (Å²) in [6.45, 7) is 1.94. The lowest BCUT2D eigenvalue weighted by molar-refractivity contribution is -0.192. The third-order valence-corrected chi connectivity index (χ3v) is 7.94. The number of nitrogens with one attached hydrogen (secondary N) is 1. The van der Waals surface area contributed by atoms with E-state index >= 15 is 0 Å². The lowest BCUT2D eigenvalue weighted by Gasteiger charge is -2.30. The number of aromatic carboxylic acids is 1. The zero-order valence-corrected chi connectivity index (χ0v) is 25.2. The number of esters is 1. The van der Waals surface area contributed by atoms with Gasteiger partial charge in [-0.1, -0.05) is 6.07 Å². The number of fused-ring (bicyclic) bond motifs is 4. The van der Waals surface area contributed by atoms with Crippen LogP contribution < -0.4 is 5.32 Å². The van der Waals surface area contributed by atoms with Crippen molar-refractivity contribution in [3.8, 4) is 23.0 Å². The maximum Gasteiger partial charge on any atom is 0.490 e. The average molecular weight is 691 g/mol. The molecule has 7 N–H and O–H groups in total. The van der Waals surface area contributed by atoms with Crippen molar-refractivity contribution >= 4 is 29.6 Å². The molecule has 0 saturated carbocycles. The van der Waals surface area contributed by atoms with Gasteiger partial charge in [0.2, 0.25) is 5.78 Å². The Balaban J connectivity index is 0.000000698. The lowest BCUT2D eigenvalue weighted by atomic mass is 9.90. The van der Waals surface area contributed by atoms with Crippen molar-refractivity contribution in [1.82, 2.24) is 10.2 Å². The topological polar surface area (TPSA) is 231 Å². The summed E-state index contributed by atoms with van der Waals surface area (Å²) in [5, 5.41) is 60.5. The molecule has 0 radical (unpaired) electrons. The molecule has 3 saturated heterocycles. The van der Waals surface area contributed by atoms with E-state index in [1.807, 2.05) is 0 Å². The molecule has 0 aromatic heterocycles. The number of phenolic OH excluding ortho intramolecular Hbond substituents is 4. The number of halogens is 3. The van der Waals surface area contributed by atoms with Crippen LogP contribution in [0.2, 0.25) is 0 Å². The van der Waals surface area contributed by atoms with Gasteiger partial charge in [-0.2, -0.15) is 13.2 Å². The number of ether oxygens (including phenoxy) is 1. The number of alkyl halides is 3. The number of piperidine rings is 1. The summed E-state index contributed by atoms with van der Waals surface area (Å²) in [7, 11) is 0. The minimum atomic E-state index is -5.08. The van der Waals surface area contributed by atoms with Gasteiger partial charge < -0.3 is 45.6 Å². The average Bonchev–Trinajstić information content (AvgIpc) is 3.28. The Morgan fingerprint density at radius 3 is 1.90 bits per heavy atom. The van der Waals surface area contributed by atoms with Crippen LogP contribution in [0.4, 0.5) is 13.2 Å². The fourth-order valence-corrected chi connectivity index (χ4v) is 5.58. The number of ketones is 1. The number of hydrogen-bond acceptors (Lipinski definition) is 11. The Hall–Kier alpha value is -5.84. The standard InChI is InChI=1S/C30H28N2O10.C2HF3O2/c33-18-6-4-16(5-7-18)28(38)31-20-14-32-10-8-15(9-11-32)27(20)42-30(41)17-12-22(35)25(23(36)13-17)26(37)24-19(29(39)40)2-1-3-21(24)34;3-2(4,5)1(6)7/h1-7,12-13,15,20,27,33-36H,8-11,14H2,(H,31,38)(H,39,40);(H,6,7). The summed E-state index contributed by atoms with van der Waals surface area (Å²) >= 11 is 0. The summed E-state index contributed by atoms with van der Waals surface area (Å²) in [5.74, 6) is -9.12. The molecular weight excluding hydrogens is 661 g/mol. The normalized spacial score (nSPS) is 19.8. The summed E-state index contributed by atoms with van der Waals surface area (Å²) in [4.78, 5) is 62.0. The molecule has 3 fully saturated rings. The molecule has 0 aliphatic carbocycles. The number of carbonyl (C=O) groups excluding carboxylic acids is 3. The van der Waals surface area contributed by atoms with Crippen molar-refractivity contribution < 1.29 is 72.5 Å². The van der Waals surface area contributed by atoms with Crippen molar-refractivity contribution in [1.29, 1.82) is 0 Å². The molecule has 260 valence electrons. The second-order valence-corrected chi connectivity index (χ2v) is 11.2. The van der Waals surface area contributed by atoms with Crippen LogP contribution >= 0.6 is 0 Å². The van der Waals surface area contributed by atoms with Gasteiger partial charge >= 0.3 is 24.1 Å². The van der Waals surface area contributed by atoms with Gasteiger partial charge in [0, 0.05) is 18.0 Å². The Morgan fingerprint density at radius 1 is 0.796 bits per heavy atom. The third kappa shape index (κ3) is 8.36. The SMILES string of the molecule is O=C(NC1CN2CCC(CC2)C1OC(=O)c1cc(O)c(C(=O)c2c(O)cccc2C(=O)O)c(O)c1)c1ccc(O)cc1.O=C(O)C(F)(F)F. The van der Waals surface area contributed by atoms with Crippen LogP contribution in [0.1, 0.15) is 59.8 Å². The number of benzene rings is 3. The minimum absolute atomic E-state index is 0.0131. The fraction of sp³-hybridized carbons (Fsp3) is 0.281. The second kappa shape index (κ2) is 14.5. The number of carboxylic acid groups (broad SMARTS) is 2. The molecule has 1 amide bonds. The van der Waals surface area contributed by atoms with Gasteiger partial charge in [-0.3, -0.25) is 9.59 Å². The fourth-order valence-electron chi connectivity index (χ4n) is 5.58. The second-order valence-electron chi connectivity index (χ2n) is 11.2. The lowest BCUT2D eigenvalue weighted by Crippen LogP contribution is -2.50. The van der Waals surface area contributed by atoms with Crippen molar-refractivity contribution in [2.24, 2.45) is 5.92 Å². The number of carbonyl (C=O) groups is 5. The molecule has 3 aromatic carbocycles. The molecule has 3 heterocycles. The number of amides is 1. The van der Waals surface area contributed by atoms with Crippen LogP contribution in [0.3, 0.4) is 0 Å². The van der Waals surface area contributed by atoms with Crippen LogP contribution in [0.5, 0.6) is 23.0 Å². The van der Waals surface area contributed by atoms with Crippen molar-refractivity contribution in [2.75, 3.05) is 19.6 Å². The third-order valence-electron chi connectivity index (χ3n) is 7.94. The summed E-state index contributed by atoms with van der Waals surface area (Å²) in [6, 6.07) is 10.4. The largest absolute Gasteiger partial charge is 0.508 e. The highest BCUT2D eigenvalue weighted by molar-refractivity contribution is 6.18. The van der Waals surface area contributed by atoms with E-state index < -0.39 is 81.9 Å². The van der Waals surface area contributed by atoms with Crippen molar-refractivity contribution in [3.63, 3.8) is 0 Å².